The van der Waals surface area contributed by atoms with Crippen molar-refractivity contribution in [3.8, 4) is 0 Å². The van der Waals surface area contributed by atoms with Crippen LogP contribution in [-0.2, 0) is 9.53 Å². The van der Waals surface area contributed by atoms with Gasteiger partial charge in [-0.15, -0.1) is 0 Å². The Labute approximate surface area is 48.4 Å². The molecule has 0 aliphatic rings. The van der Waals surface area contributed by atoms with Gasteiger partial charge in [-0.2, -0.15) is 4.99 Å². The number of rotatable bonds is 0. The first kappa shape index (κ1) is 7.14. The molecule has 0 aliphatic carbocycles. The standard InChI is InChI=1S/C5H9NO2/c1-4(7)6-5(2)8-3/h1-3H3/b6-5-. The summed E-state index contributed by atoms with van der Waals surface area (Å²) in [6.45, 7) is 3.00. The van der Waals surface area contributed by atoms with Crippen LogP contribution in [0.3, 0.4) is 0 Å². The molecular formula is C5H9NO2. The van der Waals surface area contributed by atoms with Crippen LogP contribution < -0.4 is 0 Å². The van der Waals surface area contributed by atoms with Crippen molar-refractivity contribution >= 4 is 11.8 Å². The van der Waals surface area contributed by atoms with Crippen LogP contribution in [0.1, 0.15) is 13.8 Å². The molecule has 0 saturated carbocycles. The Kier molecular flexibility index (Phi) is 2.84. The molecule has 3 heteroatoms. The maximum Gasteiger partial charge on any atom is 0.245 e. The van der Waals surface area contributed by atoms with Gasteiger partial charge in [-0.1, -0.05) is 0 Å². The molecule has 0 fully saturated rings. The molecule has 0 atom stereocenters. The molecule has 0 radical (unpaired) electrons. The molecular weight excluding hydrogens is 106 g/mol. The van der Waals surface area contributed by atoms with E-state index in [9.17, 15) is 4.79 Å². The van der Waals surface area contributed by atoms with Crippen molar-refractivity contribution in [3.63, 3.8) is 0 Å². The van der Waals surface area contributed by atoms with Gasteiger partial charge in [0.15, 0.2) is 5.90 Å². The van der Waals surface area contributed by atoms with Crippen molar-refractivity contribution in [2.75, 3.05) is 7.11 Å². The highest BCUT2D eigenvalue weighted by Gasteiger charge is 1.87. The number of carbonyl (C=O) groups is 1. The van der Waals surface area contributed by atoms with Crippen molar-refractivity contribution in [2.24, 2.45) is 4.99 Å². The zero-order chi connectivity index (χ0) is 6.57. The Balaban J connectivity index is 3.75. The highest BCUT2D eigenvalue weighted by atomic mass is 16.5. The smallest absolute Gasteiger partial charge is 0.245 e. The van der Waals surface area contributed by atoms with Crippen molar-refractivity contribution < 1.29 is 9.53 Å². The van der Waals surface area contributed by atoms with E-state index >= 15 is 0 Å². The minimum Gasteiger partial charge on any atom is -0.484 e. The van der Waals surface area contributed by atoms with Crippen LogP contribution in [0.5, 0.6) is 0 Å². The van der Waals surface area contributed by atoms with Crippen LogP contribution in [0.2, 0.25) is 0 Å². The van der Waals surface area contributed by atoms with Gasteiger partial charge in [0, 0.05) is 13.8 Å². The molecule has 0 aromatic heterocycles. The fourth-order valence-corrected chi connectivity index (χ4v) is 0.267. The topological polar surface area (TPSA) is 38.7 Å². The summed E-state index contributed by atoms with van der Waals surface area (Å²) in [5.74, 6) is 0.168. The summed E-state index contributed by atoms with van der Waals surface area (Å²) >= 11 is 0. The van der Waals surface area contributed by atoms with Crippen LogP contribution in [0.4, 0.5) is 0 Å². The minimum atomic E-state index is -0.232. The average molecular weight is 115 g/mol. The Hall–Kier alpha value is -0.860. The third-order valence-electron chi connectivity index (χ3n) is 0.610. The Morgan fingerprint density at radius 3 is 2.12 bits per heavy atom. The van der Waals surface area contributed by atoms with Gasteiger partial charge in [0.05, 0.1) is 7.11 Å². The molecule has 46 valence electrons. The third-order valence-corrected chi connectivity index (χ3v) is 0.610. The lowest BCUT2D eigenvalue weighted by Crippen LogP contribution is -1.96. The monoisotopic (exact) mass is 115 g/mol. The van der Waals surface area contributed by atoms with Gasteiger partial charge in [-0.3, -0.25) is 4.79 Å². The SMILES string of the molecule is CO/C(C)=N\C(C)=O. The summed E-state index contributed by atoms with van der Waals surface area (Å²) in [4.78, 5) is 13.6. The fourth-order valence-electron chi connectivity index (χ4n) is 0.267. The predicted molar refractivity (Wildman–Crippen MR) is 30.8 cm³/mol. The molecule has 0 rings (SSSR count). The molecule has 3 nitrogen and oxygen atoms in total. The first-order valence-electron chi connectivity index (χ1n) is 2.26. The van der Waals surface area contributed by atoms with Gasteiger partial charge in [0.2, 0.25) is 5.91 Å². The minimum absolute atomic E-state index is 0.232. The summed E-state index contributed by atoms with van der Waals surface area (Å²) in [5, 5.41) is 0. The number of hydrogen-bond acceptors (Lipinski definition) is 2. The maximum absolute atomic E-state index is 10.1. The van der Waals surface area contributed by atoms with E-state index in [1.54, 1.807) is 6.92 Å². The summed E-state index contributed by atoms with van der Waals surface area (Å²) in [5.41, 5.74) is 0. The largest absolute Gasteiger partial charge is 0.484 e. The second-order valence-electron chi connectivity index (χ2n) is 1.35. The Bertz CT molecular complexity index is 118. The lowest BCUT2D eigenvalue weighted by Gasteiger charge is -1.91. The number of hydrogen-bond donors (Lipinski definition) is 0. The van der Waals surface area contributed by atoms with E-state index < -0.39 is 0 Å². The number of aliphatic imine (C=N–C) groups is 1. The molecule has 8 heavy (non-hydrogen) atoms. The zero-order valence-electron chi connectivity index (χ0n) is 5.26. The van der Waals surface area contributed by atoms with E-state index in [2.05, 4.69) is 9.73 Å². The van der Waals surface area contributed by atoms with Crippen molar-refractivity contribution in [1.29, 1.82) is 0 Å². The number of amides is 1. The van der Waals surface area contributed by atoms with E-state index in [1.807, 2.05) is 0 Å². The first-order chi connectivity index (χ1) is 3.66. The molecule has 0 aliphatic heterocycles. The lowest BCUT2D eigenvalue weighted by molar-refractivity contribution is -0.115. The van der Waals surface area contributed by atoms with Crippen LogP contribution in [-0.4, -0.2) is 18.9 Å². The molecule has 1 amide bonds. The Morgan fingerprint density at radius 2 is 2.00 bits per heavy atom. The van der Waals surface area contributed by atoms with Crippen molar-refractivity contribution in [3.05, 3.63) is 0 Å². The number of nitrogens with zero attached hydrogens (tertiary/aromatic N) is 1. The van der Waals surface area contributed by atoms with E-state index in [4.69, 9.17) is 0 Å². The molecule has 0 aromatic carbocycles. The van der Waals surface area contributed by atoms with Crippen molar-refractivity contribution in [1.82, 2.24) is 0 Å². The number of methoxy groups -OCH3 is 1. The summed E-state index contributed by atoms with van der Waals surface area (Å²) < 4.78 is 4.59. The molecule has 0 unspecified atom stereocenters. The van der Waals surface area contributed by atoms with Gasteiger partial charge in [0.1, 0.15) is 0 Å². The number of ether oxygens (including phenoxy) is 1. The molecule has 0 bridgehead atoms. The maximum atomic E-state index is 10.1. The van der Waals surface area contributed by atoms with Crippen LogP contribution in [0.25, 0.3) is 0 Å². The highest BCUT2D eigenvalue weighted by Crippen LogP contribution is 1.77. The second kappa shape index (κ2) is 3.18. The normalized spacial score (nSPS) is 11.1. The molecule has 0 spiro atoms. The van der Waals surface area contributed by atoms with Gasteiger partial charge in [-0.25, -0.2) is 0 Å². The molecule has 0 N–H and O–H groups in total. The lowest BCUT2D eigenvalue weighted by atomic mass is 10.7. The van der Waals surface area contributed by atoms with E-state index in [-0.39, 0.29) is 5.91 Å². The van der Waals surface area contributed by atoms with Gasteiger partial charge < -0.3 is 4.74 Å². The quantitative estimate of drug-likeness (QED) is 0.342. The first-order valence-corrected chi connectivity index (χ1v) is 2.26. The Morgan fingerprint density at radius 1 is 1.50 bits per heavy atom. The highest BCUT2D eigenvalue weighted by molar-refractivity contribution is 5.88. The van der Waals surface area contributed by atoms with Crippen molar-refractivity contribution in [2.45, 2.75) is 13.8 Å². The second-order valence-corrected chi connectivity index (χ2v) is 1.35. The van der Waals surface area contributed by atoms with Gasteiger partial charge >= 0.3 is 0 Å². The summed E-state index contributed by atoms with van der Waals surface area (Å²) in [7, 11) is 1.47. The van der Waals surface area contributed by atoms with Crippen LogP contribution >= 0.6 is 0 Å². The fraction of sp³-hybridized carbons (Fsp3) is 0.600. The zero-order valence-corrected chi connectivity index (χ0v) is 5.26. The summed E-state index contributed by atoms with van der Waals surface area (Å²) in [6.07, 6.45) is 0. The van der Waals surface area contributed by atoms with Crippen LogP contribution in [0, 0.1) is 0 Å². The van der Waals surface area contributed by atoms with E-state index in [0.717, 1.165) is 0 Å². The van der Waals surface area contributed by atoms with Gasteiger partial charge in [0.25, 0.3) is 0 Å². The van der Waals surface area contributed by atoms with Crippen LogP contribution in [0.15, 0.2) is 4.99 Å². The molecule has 0 saturated heterocycles. The third kappa shape index (κ3) is 3.33. The number of carbonyl (C=O) groups excluding carboxylic acids is 1. The van der Waals surface area contributed by atoms with E-state index in [1.165, 1.54) is 14.0 Å². The van der Waals surface area contributed by atoms with Gasteiger partial charge in [-0.05, 0) is 0 Å². The molecule has 0 aromatic rings. The average Bonchev–Trinajstić information content (AvgIpc) is 1.65. The predicted octanol–water partition coefficient (Wildman–Crippen LogP) is 0.598. The summed E-state index contributed by atoms with van der Waals surface area (Å²) in [6, 6.07) is 0. The molecule has 0 heterocycles. The van der Waals surface area contributed by atoms with E-state index in [0.29, 0.717) is 5.90 Å².